The molecule has 1 aromatic heterocycles. The SMILES string of the molecule is O=C(O)c1cc(-c2cccc(Cl)c2)nc2c(C(F)(F)F)cccc12. The number of carbonyl (C=O) groups is 1. The predicted octanol–water partition coefficient (Wildman–Crippen LogP) is 5.27. The molecule has 1 N–H and O–H groups in total. The number of benzene rings is 2. The summed E-state index contributed by atoms with van der Waals surface area (Å²) in [5, 5.41) is 9.67. The molecule has 3 rings (SSSR count). The van der Waals surface area contributed by atoms with Crippen LogP contribution in [-0.2, 0) is 6.18 Å². The van der Waals surface area contributed by atoms with E-state index in [-0.39, 0.29) is 16.6 Å². The van der Waals surface area contributed by atoms with Crippen molar-refractivity contribution in [2.24, 2.45) is 0 Å². The van der Waals surface area contributed by atoms with Crippen LogP contribution < -0.4 is 0 Å². The third kappa shape index (κ3) is 2.92. The van der Waals surface area contributed by atoms with E-state index in [4.69, 9.17) is 11.6 Å². The van der Waals surface area contributed by atoms with Crippen molar-refractivity contribution >= 4 is 28.5 Å². The monoisotopic (exact) mass is 351 g/mol. The first-order valence-corrected chi connectivity index (χ1v) is 7.15. The summed E-state index contributed by atoms with van der Waals surface area (Å²) >= 11 is 5.90. The van der Waals surface area contributed by atoms with Crippen LogP contribution in [0.25, 0.3) is 22.2 Å². The molecular weight excluding hydrogens is 343 g/mol. The number of hydrogen-bond donors (Lipinski definition) is 1. The highest BCUT2D eigenvalue weighted by molar-refractivity contribution is 6.30. The fourth-order valence-corrected chi connectivity index (χ4v) is 2.64. The minimum atomic E-state index is -4.64. The van der Waals surface area contributed by atoms with E-state index in [0.29, 0.717) is 10.6 Å². The van der Waals surface area contributed by atoms with Crippen molar-refractivity contribution in [3.05, 3.63) is 64.7 Å². The van der Waals surface area contributed by atoms with Gasteiger partial charge in [0.05, 0.1) is 22.3 Å². The highest BCUT2D eigenvalue weighted by atomic mass is 35.5. The van der Waals surface area contributed by atoms with E-state index in [0.717, 1.165) is 6.07 Å². The number of para-hydroxylation sites is 1. The van der Waals surface area contributed by atoms with Crippen LogP contribution in [0.2, 0.25) is 5.02 Å². The van der Waals surface area contributed by atoms with Gasteiger partial charge in [-0.15, -0.1) is 0 Å². The van der Waals surface area contributed by atoms with E-state index >= 15 is 0 Å². The van der Waals surface area contributed by atoms with Gasteiger partial charge in [-0.3, -0.25) is 0 Å². The van der Waals surface area contributed by atoms with Crippen LogP contribution in [0, 0.1) is 0 Å². The molecule has 3 nitrogen and oxygen atoms in total. The molecule has 0 atom stereocenters. The molecule has 0 amide bonds. The van der Waals surface area contributed by atoms with Crippen molar-refractivity contribution < 1.29 is 23.1 Å². The van der Waals surface area contributed by atoms with E-state index in [2.05, 4.69) is 4.98 Å². The molecule has 0 aliphatic rings. The lowest BCUT2D eigenvalue weighted by Gasteiger charge is -2.13. The van der Waals surface area contributed by atoms with Crippen molar-refractivity contribution in [1.29, 1.82) is 0 Å². The summed E-state index contributed by atoms with van der Waals surface area (Å²) in [5.41, 5.74) is -1.09. The average molecular weight is 352 g/mol. The minimum absolute atomic E-state index is 0.0666. The Kier molecular flexibility index (Phi) is 3.93. The van der Waals surface area contributed by atoms with Crippen molar-refractivity contribution in [3.8, 4) is 11.3 Å². The van der Waals surface area contributed by atoms with Gasteiger partial charge in [0.2, 0.25) is 0 Å². The van der Waals surface area contributed by atoms with Crippen LogP contribution >= 0.6 is 11.6 Å². The zero-order chi connectivity index (χ0) is 17.5. The first-order chi connectivity index (χ1) is 11.3. The van der Waals surface area contributed by atoms with Gasteiger partial charge in [-0.2, -0.15) is 13.2 Å². The number of aromatic nitrogens is 1. The molecule has 0 saturated heterocycles. The molecular formula is C17H9ClF3NO2. The molecule has 2 aromatic carbocycles. The highest BCUT2D eigenvalue weighted by Gasteiger charge is 2.34. The molecule has 0 fully saturated rings. The van der Waals surface area contributed by atoms with Crippen LogP contribution in [0.5, 0.6) is 0 Å². The summed E-state index contributed by atoms with van der Waals surface area (Å²) in [7, 11) is 0. The molecule has 0 aliphatic carbocycles. The Morgan fingerprint density at radius 2 is 1.79 bits per heavy atom. The number of aromatic carboxylic acids is 1. The highest BCUT2D eigenvalue weighted by Crippen LogP contribution is 2.36. The summed E-state index contributed by atoms with van der Waals surface area (Å²) in [5.74, 6) is -1.33. The Morgan fingerprint density at radius 1 is 1.08 bits per heavy atom. The molecule has 24 heavy (non-hydrogen) atoms. The molecule has 0 spiro atoms. The van der Waals surface area contributed by atoms with Crippen LogP contribution in [0.4, 0.5) is 13.2 Å². The zero-order valence-electron chi connectivity index (χ0n) is 11.9. The van der Waals surface area contributed by atoms with Crippen LogP contribution in [0.15, 0.2) is 48.5 Å². The molecule has 0 aliphatic heterocycles. The first-order valence-electron chi connectivity index (χ1n) is 6.77. The maximum Gasteiger partial charge on any atom is 0.418 e. The van der Waals surface area contributed by atoms with E-state index in [1.54, 1.807) is 18.2 Å². The van der Waals surface area contributed by atoms with Gasteiger partial charge in [0.1, 0.15) is 0 Å². The van der Waals surface area contributed by atoms with Gasteiger partial charge in [-0.25, -0.2) is 9.78 Å². The summed E-state index contributed by atoms with van der Waals surface area (Å²) in [6.45, 7) is 0. The lowest BCUT2D eigenvalue weighted by Crippen LogP contribution is -2.09. The average Bonchev–Trinajstić information content (AvgIpc) is 2.52. The molecule has 0 bridgehead atoms. The number of nitrogens with zero attached hydrogens (tertiary/aromatic N) is 1. The number of rotatable bonds is 2. The fraction of sp³-hybridized carbons (Fsp3) is 0.0588. The van der Waals surface area contributed by atoms with Gasteiger partial charge < -0.3 is 5.11 Å². The molecule has 3 aromatic rings. The number of carboxylic acid groups (broad SMARTS) is 1. The normalized spacial score (nSPS) is 11.7. The maximum atomic E-state index is 13.2. The smallest absolute Gasteiger partial charge is 0.418 e. The van der Waals surface area contributed by atoms with Gasteiger partial charge in [-0.05, 0) is 24.3 Å². The number of halogens is 4. The number of fused-ring (bicyclic) bond motifs is 1. The summed E-state index contributed by atoms with van der Waals surface area (Å²) in [6, 6.07) is 10.9. The molecule has 0 saturated carbocycles. The van der Waals surface area contributed by atoms with Crippen LogP contribution in [-0.4, -0.2) is 16.1 Å². The van der Waals surface area contributed by atoms with Crippen LogP contribution in [0.3, 0.4) is 0 Å². The summed E-state index contributed by atoms with van der Waals surface area (Å²) in [6.07, 6.45) is -4.64. The topological polar surface area (TPSA) is 50.2 Å². The lowest BCUT2D eigenvalue weighted by atomic mass is 10.0. The van der Waals surface area contributed by atoms with Gasteiger partial charge >= 0.3 is 12.1 Å². The lowest BCUT2D eigenvalue weighted by molar-refractivity contribution is -0.136. The van der Waals surface area contributed by atoms with Gasteiger partial charge in [0.15, 0.2) is 0 Å². The van der Waals surface area contributed by atoms with E-state index in [1.165, 1.54) is 24.3 Å². The predicted molar refractivity (Wildman–Crippen MR) is 84.2 cm³/mol. The number of hydrogen-bond acceptors (Lipinski definition) is 2. The fourth-order valence-electron chi connectivity index (χ4n) is 2.45. The van der Waals surface area contributed by atoms with Gasteiger partial charge in [-0.1, -0.05) is 35.9 Å². The zero-order valence-corrected chi connectivity index (χ0v) is 12.7. The summed E-state index contributed by atoms with van der Waals surface area (Å²) < 4.78 is 39.7. The van der Waals surface area contributed by atoms with E-state index in [1.807, 2.05) is 0 Å². The Hall–Kier alpha value is -2.60. The largest absolute Gasteiger partial charge is 0.478 e. The van der Waals surface area contributed by atoms with Crippen molar-refractivity contribution in [2.45, 2.75) is 6.18 Å². The van der Waals surface area contributed by atoms with Crippen LogP contribution in [0.1, 0.15) is 15.9 Å². The van der Waals surface area contributed by atoms with Gasteiger partial charge in [0.25, 0.3) is 0 Å². The standard InChI is InChI=1S/C17H9ClF3NO2/c18-10-4-1-3-9(7-10)14-8-12(16(23)24)11-5-2-6-13(15(11)22-14)17(19,20)21/h1-8H,(H,23,24). The molecule has 1 heterocycles. The molecule has 0 unspecified atom stereocenters. The van der Waals surface area contributed by atoms with E-state index < -0.39 is 23.2 Å². The van der Waals surface area contributed by atoms with E-state index in [9.17, 15) is 23.1 Å². The Morgan fingerprint density at radius 3 is 2.42 bits per heavy atom. The Balaban J connectivity index is 2.39. The number of carboxylic acids is 1. The second-order valence-corrected chi connectivity index (χ2v) is 5.51. The third-order valence-electron chi connectivity index (χ3n) is 3.50. The Labute approximate surface area is 139 Å². The maximum absolute atomic E-state index is 13.2. The van der Waals surface area contributed by atoms with Crippen molar-refractivity contribution in [3.63, 3.8) is 0 Å². The van der Waals surface area contributed by atoms with Crippen molar-refractivity contribution in [1.82, 2.24) is 4.98 Å². The minimum Gasteiger partial charge on any atom is -0.478 e. The molecule has 122 valence electrons. The first kappa shape index (κ1) is 16.3. The second kappa shape index (κ2) is 5.79. The third-order valence-corrected chi connectivity index (χ3v) is 3.73. The molecule has 0 radical (unpaired) electrons. The van der Waals surface area contributed by atoms with Crippen molar-refractivity contribution in [2.75, 3.05) is 0 Å². The Bertz CT molecular complexity index is 954. The quantitative estimate of drug-likeness (QED) is 0.684. The molecule has 7 heteroatoms. The second-order valence-electron chi connectivity index (χ2n) is 5.07. The number of pyridine rings is 1. The van der Waals surface area contributed by atoms with Gasteiger partial charge in [0, 0.05) is 16.0 Å². The summed E-state index contributed by atoms with van der Waals surface area (Å²) in [4.78, 5) is 15.5. The number of alkyl halides is 3.